The lowest BCUT2D eigenvalue weighted by atomic mass is 10.3. The lowest BCUT2D eigenvalue weighted by Crippen LogP contribution is -2.29. The molecule has 21 heavy (non-hydrogen) atoms. The molecule has 1 aromatic rings. The Balaban J connectivity index is 1.94. The van der Waals surface area contributed by atoms with Gasteiger partial charge in [0.25, 0.3) is 0 Å². The predicted octanol–water partition coefficient (Wildman–Crippen LogP) is 2.48. The van der Waals surface area contributed by atoms with Crippen LogP contribution in [-0.2, 0) is 11.8 Å². The van der Waals surface area contributed by atoms with Crippen molar-refractivity contribution in [2.24, 2.45) is 7.05 Å². The second-order valence-electron chi connectivity index (χ2n) is 5.38. The van der Waals surface area contributed by atoms with Gasteiger partial charge in [-0.15, -0.1) is 0 Å². The second kappa shape index (κ2) is 6.79. The molecular formula is C14H22N4OS2. The maximum atomic E-state index is 12.3. The van der Waals surface area contributed by atoms with E-state index in [1.807, 2.05) is 27.8 Å². The molecule has 5 nitrogen and oxygen atoms in total. The van der Waals surface area contributed by atoms with Gasteiger partial charge in [-0.3, -0.25) is 9.48 Å². The maximum Gasteiger partial charge on any atom is 0.237 e. The van der Waals surface area contributed by atoms with Crippen LogP contribution in [0.15, 0.2) is 0 Å². The van der Waals surface area contributed by atoms with Crippen LogP contribution in [0.5, 0.6) is 0 Å². The summed E-state index contributed by atoms with van der Waals surface area (Å²) in [5.41, 5.74) is 2.60. The molecule has 2 heterocycles. The fourth-order valence-corrected chi connectivity index (χ4v) is 3.77. The minimum Gasteiger partial charge on any atom is -0.358 e. The molecule has 0 aromatic carbocycles. The Morgan fingerprint density at radius 1 is 1.38 bits per heavy atom. The first-order valence-electron chi connectivity index (χ1n) is 7.16. The first-order chi connectivity index (χ1) is 9.90. The van der Waals surface area contributed by atoms with E-state index in [1.165, 1.54) is 24.6 Å². The maximum absolute atomic E-state index is 12.3. The highest BCUT2D eigenvalue weighted by Gasteiger charge is 2.22. The van der Waals surface area contributed by atoms with Crippen LogP contribution in [0.2, 0.25) is 0 Å². The average molecular weight is 326 g/mol. The third kappa shape index (κ3) is 3.77. The lowest BCUT2D eigenvalue weighted by Gasteiger charge is -2.20. The van der Waals surface area contributed by atoms with Crippen LogP contribution in [0.3, 0.4) is 0 Å². The number of hydrogen-bond donors (Lipinski definition) is 1. The molecule has 1 N–H and O–H groups in total. The van der Waals surface area contributed by atoms with Gasteiger partial charge >= 0.3 is 0 Å². The van der Waals surface area contributed by atoms with E-state index in [-0.39, 0.29) is 11.2 Å². The van der Waals surface area contributed by atoms with Crippen molar-refractivity contribution in [3.63, 3.8) is 0 Å². The smallest absolute Gasteiger partial charge is 0.237 e. The Morgan fingerprint density at radius 3 is 2.52 bits per heavy atom. The zero-order chi connectivity index (χ0) is 15.6. The summed E-state index contributed by atoms with van der Waals surface area (Å²) in [6, 6.07) is 0. The van der Waals surface area contributed by atoms with Crippen LogP contribution in [0, 0.1) is 13.8 Å². The molecule has 0 aliphatic carbocycles. The summed E-state index contributed by atoms with van der Waals surface area (Å²) in [5, 5.41) is 7.07. The van der Waals surface area contributed by atoms with Gasteiger partial charge in [-0.05, 0) is 33.6 Å². The number of thiocarbonyl (C=S) groups is 1. The Bertz CT molecular complexity index is 549. The zero-order valence-corrected chi connectivity index (χ0v) is 14.6. The first-order valence-corrected chi connectivity index (χ1v) is 8.45. The van der Waals surface area contributed by atoms with Crippen LogP contribution in [0.25, 0.3) is 0 Å². The SMILES string of the molecule is Cc1nn(C)c(C)c1NC(=O)C(C)SC(=S)N1CCCC1. The number of carbonyl (C=O) groups excluding carboxylic acids is 1. The molecule has 0 radical (unpaired) electrons. The third-order valence-electron chi connectivity index (χ3n) is 3.77. The lowest BCUT2D eigenvalue weighted by molar-refractivity contribution is -0.115. The van der Waals surface area contributed by atoms with E-state index in [2.05, 4.69) is 15.3 Å². The summed E-state index contributed by atoms with van der Waals surface area (Å²) in [5.74, 6) is -0.0271. The number of aryl methyl sites for hydroxylation is 2. The molecule has 1 atom stereocenters. The quantitative estimate of drug-likeness (QED) is 0.865. The normalized spacial score (nSPS) is 16.1. The van der Waals surface area contributed by atoms with E-state index in [0.29, 0.717) is 0 Å². The number of hydrogen-bond acceptors (Lipinski definition) is 4. The molecule has 1 aliphatic heterocycles. The van der Waals surface area contributed by atoms with Gasteiger partial charge in [-0.2, -0.15) is 5.10 Å². The molecule has 1 aliphatic rings. The topological polar surface area (TPSA) is 50.2 Å². The number of nitrogens with one attached hydrogen (secondary N) is 1. The molecule has 116 valence electrons. The number of carbonyl (C=O) groups is 1. The number of amides is 1. The molecule has 1 unspecified atom stereocenters. The molecule has 7 heteroatoms. The molecule has 1 saturated heterocycles. The first kappa shape index (κ1) is 16.3. The molecule has 0 bridgehead atoms. The second-order valence-corrected chi connectivity index (χ2v) is 7.35. The van der Waals surface area contributed by atoms with Crippen molar-refractivity contribution in [1.29, 1.82) is 0 Å². The Kier molecular flexibility index (Phi) is 5.27. The van der Waals surface area contributed by atoms with Gasteiger partial charge in [0, 0.05) is 20.1 Å². The van der Waals surface area contributed by atoms with E-state index >= 15 is 0 Å². The van der Waals surface area contributed by atoms with Crippen molar-refractivity contribution >= 4 is 39.9 Å². The fraction of sp³-hybridized carbons (Fsp3) is 0.643. The number of thioether (sulfide) groups is 1. The van der Waals surface area contributed by atoms with Crippen LogP contribution < -0.4 is 5.32 Å². The highest BCUT2D eigenvalue weighted by atomic mass is 32.2. The summed E-state index contributed by atoms with van der Waals surface area (Å²) in [6.45, 7) is 7.77. The van der Waals surface area contributed by atoms with Crippen molar-refractivity contribution in [1.82, 2.24) is 14.7 Å². The van der Waals surface area contributed by atoms with E-state index < -0.39 is 0 Å². The van der Waals surface area contributed by atoms with Gasteiger partial charge in [0.1, 0.15) is 4.32 Å². The Hall–Kier alpha value is -1.08. The van der Waals surface area contributed by atoms with Gasteiger partial charge in [0.2, 0.25) is 5.91 Å². The highest BCUT2D eigenvalue weighted by molar-refractivity contribution is 8.23. The number of rotatable bonds is 3. The minimum atomic E-state index is -0.211. The standard InChI is InChI=1S/C14H22N4OS2/c1-9-12(10(2)17(4)16-9)15-13(19)11(3)21-14(20)18-7-5-6-8-18/h11H,5-8H2,1-4H3,(H,15,19). The summed E-state index contributed by atoms with van der Waals surface area (Å²) < 4.78 is 2.60. The van der Waals surface area contributed by atoms with Crippen LogP contribution in [0.4, 0.5) is 5.69 Å². The van der Waals surface area contributed by atoms with Crippen LogP contribution in [-0.4, -0.2) is 43.2 Å². The molecule has 1 amide bonds. The predicted molar refractivity (Wildman–Crippen MR) is 91.8 cm³/mol. The van der Waals surface area contributed by atoms with Crippen LogP contribution in [0.1, 0.15) is 31.2 Å². The Labute approximate surface area is 135 Å². The van der Waals surface area contributed by atoms with E-state index in [0.717, 1.165) is 34.5 Å². The number of nitrogens with zero attached hydrogens (tertiary/aromatic N) is 3. The third-order valence-corrected chi connectivity index (χ3v) is 5.34. The molecule has 1 fully saturated rings. The largest absolute Gasteiger partial charge is 0.358 e. The molecule has 0 saturated carbocycles. The summed E-state index contributed by atoms with van der Waals surface area (Å²) in [6.07, 6.45) is 2.38. The highest BCUT2D eigenvalue weighted by Crippen LogP contribution is 2.23. The summed E-state index contributed by atoms with van der Waals surface area (Å²) in [4.78, 5) is 14.5. The average Bonchev–Trinajstić information content (AvgIpc) is 3.03. The van der Waals surface area contributed by atoms with E-state index in [4.69, 9.17) is 12.2 Å². The van der Waals surface area contributed by atoms with E-state index in [1.54, 1.807) is 4.68 Å². The molecule has 0 spiro atoms. The fourth-order valence-electron chi connectivity index (χ4n) is 2.36. The van der Waals surface area contributed by atoms with Crippen molar-refractivity contribution in [3.05, 3.63) is 11.4 Å². The minimum absolute atomic E-state index is 0.0271. The monoisotopic (exact) mass is 326 g/mol. The molecule has 2 rings (SSSR count). The molecular weight excluding hydrogens is 304 g/mol. The van der Waals surface area contributed by atoms with Gasteiger partial charge in [0.15, 0.2) is 0 Å². The van der Waals surface area contributed by atoms with Gasteiger partial charge in [0.05, 0.1) is 22.3 Å². The number of likely N-dealkylation sites (tertiary alicyclic amines) is 1. The van der Waals surface area contributed by atoms with Crippen LogP contribution >= 0.6 is 24.0 Å². The molecule has 1 aromatic heterocycles. The Morgan fingerprint density at radius 2 is 2.00 bits per heavy atom. The van der Waals surface area contributed by atoms with E-state index in [9.17, 15) is 4.79 Å². The number of aromatic nitrogens is 2. The van der Waals surface area contributed by atoms with Crippen molar-refractivity contribution in [2.75, 3.05) is 18.4 Å². The van der Waals surface area contributed by atoms with Crippen molar-refractivity contribution in [3.8, 4) is 0 Å². The summed E-state index contributed by atoms with van der Waals surface area (Å²) in [7, 11) is 1.87. The van der Waals surface area contributed by atoms with Gasteiger partial charge < -0.3 is 10.2 Å². The van der Waals surface area contributed by atoms with Crippen molar-refractivity contribution in [2.45, 2.75) is 38.9 Å². The summed E-state index contributed by atoms with van der Waals surface area (Å²) >= 11 is 6.88. The van der Waals surface area contributed by atoms with Gasteiger partial charge in [-0.1, -0.05) is 24.0 Å². The van der Waals surface area contributed by atoms with Gasteiger partial charge in [-0.25, -0.2) is 0 Å². The number of anilines is 1. The van der Waals surface area contributed by atoms with Crippen molar-refractivity contribution < 1.29 is 4.79 Å². The zero-order valence-electron chi connectivity index (χ0n) is 13.0.